The summed E-state index contributed by atoms with van der Waals surface area (Å²) in [7, 11) is -3.95. The number of hydrogen-bond acceptors (Lipinski definition) is 4. The van der Waals surface area contributed by atoms with E-state index in [9.17, 15) is 4.79 Å². The molecule has 0 saturated heterocycles. The Balaban J connectivity index is 1.45. The molecule has 0 bridgehead atoms. The highest BCUT2D eigenvalue weighted by atomic mass is 28.3. The number of unbranched alkanes of at least 4 members (excludes halogenated alkanes) is 32. The smallest absolute Gasteiger partial charge is 0.261 e. The van der Waals surface area contributed by atoms with Crippen molar-refractivity contribution in [2.75, 3.05) is 0 Å². The Hall–Kier alpha value is -4.77. The summed E-state index contributed by atoms with van der Waals surface area (Å²) >= 11 is 0. The van der Waals surface area contributed by atoms with Crippen molar-refractivity contribution in [1.82, 2.24) is 10.2 Å². The van der Waals surface area contributed by atoms with Crippen molar-refractivity contribution in [2.24, 2.45) is 0 Å². The van der Waals surface area contributed by atoms with Gasteiger partial charge in [-0.2, -0.15) is 0 Å². The first-order chi connectivity index (χ1) is 42.6. The largest absolute Gasteiger partial charge is 0.349 e. The average molecular weight is 1230 g/mol. The fourth-order valence-corrected chi connectivity index (χ4v) is 14.9. The van der Waals surface area contributed by atoms with Crippen LogP contribution in [0, 0.1) is 22.9 Å². The molecule has 0 radical (unpaired) electrons. The fraction of sp³-hybridized carbons (Fsp3) is 0.650. The number of aldehydes is 1. The Labute approximate surface area is 538 Å². The first-order valence-corrected chi connectivity index (χ1v) is 43.6. The number of rotatable bonds is 44. The summed E-state index contributed by atoms with van der Waals surface area (Å²) in [5.74, 6) is 6.74. The van der Waals surface area contributed by atoms with Gasteiger partial charge in [0.1, 0.15) is 16.1 Å². The summed E-state index contributed by atoms with van der Waals surface area (Å²) in [6.07, 6.45) is 48.9. The van der Waals surface area contributed by atoms with Crippen molar-refractivity contribution in [3.05, 3.63) is 69.8 Å². The lowest BCUT2D eigenvalue weighted by molar-refractivity contribution is 0.0516. The van der Waals surface area contributed by atoms with E-state index in [1.807, 2.05) is 24.3 Å². The van der Waals surface area contributed by atoms with Crippen LogP contribution in [0.15, 0.2) is 36.4 Å². The standard InChI is InChI=1S/C80H120N2O4Si2/c1-11-15-19-23-27-31-35-39-43-47-65(48-44-40-36-32-28-24-20-16-12-2)81-78(84)69-53-51-67-73-63(56-58-88(8,9)10)60-71-75-70(54-52-68(77(73)75)72-62(55-57-87(5,6)7)59-64(61-83)74(69)76(67)72)79(85)82(80(71)86)66(49-45-41-37-33-29-25-21-17-13-3)50-46-42-38-34-30-26-22-18-14-4/h51-54,59-61,65-66H,11-50H2,1-10H3,(H,81,84). The van der Waals surface area contributed by atoms with E-state index in [1.165, 1.54) is 193 Å². The minimum atomic E-state index is -1.99. The van der Waals surface area contributed by atoms with Gasteiger partial charge in [0.25, 0.3) is 17.7 Å². The molecule has 0 spiro atoms. The van der Waals surface area contributed by atoms with Gasteiger partial charge in [-0.15, -0.1) is 11.1 Å². The lowest BCUT2D eigenvalue weighted by Gasteiger charge is -2.35. The minimum Gasteiger partial charge on any atom is -0.349 e. The van der Waals surface area contributed by atoms with Crippen LogP contribution in [0.4, 0.5) is 0 Å². The number of imide groups is 1. The van der Waals surface area contributed by atoms with Crippen molar-refractivity contribution < 1.29 is 19.2 Å². The van der Waals surface area contributed by atoms with Crippen LogP contribution in [0.3, 0.4) is 0 Å². The maximum absolute atomic E-state index is 15.7. The van der Waals surface area contributed by atoms with E-state index in [0.29, 0.717) is 33.0 Å². The number of carbonyl (C=O) groups excluding carboxylic acids is 4. The quantitative estimate of drug-likeness (QED) is 0.00801. The molecule has 6 nitrogen and oxygen atoms in total. The van der Waals surface area contributed by atoms with E-state index >= 15 is 14.4 Å². The lowest BCUT2D eigenvalue weighted by atomic mass is 9.80. The molecule has 3 amide bonds. The van der Waals surface area contributed by atoms with Gasteiger partial charge in [0.2, 0.25) is 0 Å². The van der Waals surface area contributed by atoms with Crippen molar-refractivity contribution >= 4 is 83.2 Å². The predicted octanol–water partition coefficient (Wildman–Crippen LogP) is 23.8. The highest BCUT2D eigenvalue weighted by Crippen LogP contribution is 2.48. The second-order valence-electron chi connectivity index (χ2n) is 28.9. The van der Waals surface area contributed by atoms with Crippen molar-refractivity contribution in [1.29, 1.82) is 0 Å². The Morgan fingerprint density at radius 2 is 0.784 bits per heavy atom. The first-order valence-electron chi connectivity index (χ1n) is 36.6. The van der Waals surface area contributed by atoms with Crippen molar-refractivity contribution in [3.63, 3.8) is 0 Å². The van der Waals surface area contributed by atoms with Crippen LogP contribution < -0.4 is 5.32 Å². The number of benzene rings is 5. The molecule has 0 saturated carbocycles. The van der Waals surface area contributed by atoms with Crippen LogP contribution in [0.25, 0.3) is 43.1 Å². The maximum atomic E-state index is 15.7. The van der Waals surface area contributed by atoms with Crippen LogP contribution >= 0.6 is 0 Å². The zero-order valence-corrected chi connectivity index (χ0v) is 59.6. The minimum absolute atomic E-state index is 0.0232. The molecule has 88 heavy (non-hydrogen) atoms. The van der Waals surface area contributed by atoms with Crippen LogP contribution in [-0.2, 0) is 0 Å². The van der Waals surface area contributed by atoms with E-state index < -0.39 is 16.1 Å². The van der Waals surface area contributed by atoms with Gasteiger partial charge >= 0.3 is 0 Å². The van der Waals surface area contributed by atoms with Gasteiger partial charge in [0, 0.05) is 77.8 Å². The van der Waals surface area contributed by atoms with Crippen LogP contribution in [0.5, 0.6) is 0 Å². The molecule has 0 aromatic heterocycles. The number of hydrogen-bond donors (Lipinski definition) is 1. The molecule has 482 valence electrons. The van der Waals surface area contributed by atoms with Crippen molar-refractivity contribution in [2.45, 2.75) is 336 Å². The third kappa shape index (κ3) is 21.7. The van der Waals surface area contributed by atoms with Crippen LogP contribution in [0.2, 0.25) is 39.3 Å². The van der Waals surface area contributed by atoms with E-state index in [4.69, 9.17) is 0 Å². The molecule has 5 aromatic rings. The molecule has 8 heteroatoms. The number of carbonyl (C=O) groups is 4. The summed E-state index contributed by atoms with van der Waals surface area (Å²) in [5.41, 5.74) is 10.8. The summed E-state index contributed by atoms with van der Waals surface area (Å²) < 4.78 is 0. The molecule has 0 unspecified atom stereocenters. The lowest BCUT2D eigenvalue weighted by Crippen LogP contribution is -2.47. The summed E-state index contributed by atoms with van der Waals surface area (Å²) in [6.45, 7) is 22.5. The van der Waals surface area contributed by atoms with E-state index in [-0.39, 0.29) is 29.8 Å². The number of fused-ring (bicyclic) bond motifs is 2. The van der Waals surface area contributed by atoms with Gasteiger partial charge in [0.15, 0.2) is 6.29 Å². The normalized spacial score (nSPS) is 12.8. The monoisotopic (exact) mass is 1230 g/mol. The Morgan fingerprint density at radius 1 is 0.432 bits per heavy atom. The molecular weight excluding hydrogens is 1110 g/mol. The molecule has 5 aromatic carbocycles. The molecule has 1 N–H and O–H groups in total. The van der Waals surface area contributed by atoms with E-state index in [1.54, 1.807) is 4.90 Å². The highest BCUT2D eigenvalue weighted by molar-refractivity contribution is 6.84. The second-order valence-corrected chi connectivity index (χ2v) is 38.4. The summed E-state index contributed by atoms with van der Waals surface area (Å²) in [6, 6.07) is 11.8. The zero-order valence-electron chi connectivity index (χ0n) is 57.6. The van der Waals surface area contributed by atoms with Gasteiger partial charge in [-0.05, 0) is 60.7 Å². The Morgan fingerprint density at radius 3 is 1.18 bits per heavy atom. The molecule has 0 aliphatic carbocycles. The van der Waals surface area contributed by atoms with Gasteiger partial charge in [-0.3, -0.25) is 24.1 Å². The third-order valence-corrected chi connectivity index (χ3v) is 20.6. The maximum Gasteiger partial charge on any atom is 0.261 e. The van der Waals surface area contributed by atoms with Gasteiger partial charge in [0.05, 0.1) is 0 Å². The number of amides is 3. The summed E-state index contributed by atoms with van der Waals surface area (Å²) in [5, 5.41) is 9.99. The predicted molar refractivity (Wildman–Crippen MR) is 386 cm³/mol. The Kier molecular flexibility index (Phi) is 31.4. The molecule has 6 rings (SSSR count). The molecular formula is C80H120N2O4Si2. The average Bonchev–Trinajstić information content (AvgIpc) is 0.838. The highest BCUT2D eigenvalue weighted by Gasteiger charge is 2.39. The van der Waals surface area contributed by atoms with E-state index in [0.717, 1.165) is 114 Å². The Bertz CT molecular complexity index is 3020. The molecule has 1 aliphatic rings. The van der Waals surface area contributed by atoms with Crippen LogP contribution in [0.1, 0.15) is 337 Å². The van der Waals surface area contributed by atoms with E-state index in [2.05, 4.69) is 107 Å². The SMILES string of the molecule is CCCCCCCCCCCC(CCCCCCCCCCC)NC(=O)c1ccc2c3c(C#C[Si](C)(C)C)cc4c5c(ccc(c6c(C#C[Si](C)(C)C)cc(C=O)c1c26)c53)C(=O)N(C(CCCCCCCCCCC)CCCCCCCCCCC)C4=O. The van der Waals surface area contributed by atoms with Crippen molar-refractivity contribution in [3.8, 4) is 22.9 Å². The van der Waals surface area contributed by atoms with Gasteiger partial charge in [-0.1, -0.05) is 322 Å². The number of nitrogens with zero attached hydrogens (tertiary/aromatic N) is 1. The van der Waals surface area contributed by atoms with Gasteiger partial charge < -0.3 is 5.32 Å². The number of nitrogens with one attached hydrogen (secondary N) is 1. The van der Waals surface area contributed by atoms with Gasteiger partial charge in [-0.25, -0.2) is 0 Å². The molecule has 0 atom stereocenters. The molecule has 1 aliphatic heterocycles. The topological polar surface area (TPSA) is 83.6 Å². The second kappa shape index (κ2) is 38.2. The third-order valence-electron chi connectivity index (χ3n) is 18.8. The molecule has 0 fully saturated rings. The first kappa shape index (κ1) is 72.3. The zero-order chi connectivity index (χ0) is 63.3. The molecule has 1 heterocycles. The van der Waals surface area contributed by atoms with Crippen LogP contribution in [-0.4, -0.2) is 57.1 Å². The summed E-state index contributed by atoms with van der Waals surface area (Å²) in [4.78, 5) is 62.0. The fourth-order valence-electron chi connectivity index (χ4n) is 13.9.